The van der Waals surface area contributed by atoms with Crippen molar-refractivity contribution in [3.8, 4) is 0 Å². The number of ether oxygens (including phenoxy) is 2. The monoisotopic (exact) mass is 316 g/mol. The van der Waals surface area contributed by atoms with Crippen LogP contribution >= 0.6 is 0 Å². The van der Waals surface area contributed by atoms with Crippen LogP contribution in [-0.2, 0) is 19.1 Å². The summed E-state index contributed by atoms with van der Waals surface area (Å²) in [4.78, 5) is 22.8. The molecule has 0 aromatic heterocycles. The summed E-state index contributed by atoms with van der Waals surface area (Å²) in [6.45, 7) is 1.95. The van der Waals surface area contributed by atoms with Gasteiger partial charge in [0.25, 0.3) is 5.78 Å². The van der Waals surface area contributed by atoms with Crippen molar-refractivity contribution >= 4 is 11.8 Å². The molecule has 0 spiro atoms. The van der Waals surface area contributed by atoms with Gasteiger partial charge in [-0.15, -0.1) is 0 Å². The molecule has 1 rings (SSSR count). The maximum Gasteiger partial charge on any atom is 0.378 e. The maximum absolute atomic E-state index is 11.6. The minimum absolute atomic E-state index is 0.344. The molecule has 0 aromatic carbocycles. The standard InChI is InChI=1S/C16H28O6/c1-2-3-4-5-6-7-8-9-10-21-15-13(19)16(20)22-14(15)12(18)11-17/h12,14-15,17-18H,2-11H2,1H3/t12-,14+,15?/m0/s1. The van der Waals surface area contributed by atoms with E-state index in [-0.39, 0.29) is 0 Å². The number of cyclic esters (lactones) is 1. The van der Waals surface area contributed by atoms with Crippen molar-refractivity contribution in [3.05, 3.63) is 0 Å². The van der Waals surface area contributed by atoms with Crippen molar-refractivity contribution in [2.75, 3.05) is 13.2 Å². The van der Waals surface area contributed by atoms with Gasteiger partial charge >= 0.3 is 5.97 Å². The summed E-state index contributed by atoms with van der Waals surface area (Å²) >= 11 is 0. The van der Waals surface area contributed by atoms with Crippen LogP contribution < -0.4 is 0 Å². The molecule has 128 valence electrons. The summed E-state index contributed by atoms with van der Waals surface area (Å²) in [5.74, 6) is -1.78. The highest BCUT2D eigenvalue weighted by Crippen LogP contribution is 2.19. The Hall–Kier alpha value is -0.980. The third-order valence-corrected chi connectivity index (χ3v) is 3.86. The Bertz CT molecular complexity index is 344. The molecule has 1 aliphatic heterocycles. The number of rotatable bonds is 12. The number of esters is 1. The maximum atomic E-state index is 11.6. The Morgan fingerprint density at radius 2 is 1.68 bits per heavy atom. The molecule has 6 nitrogen and oxygen atoms in total. The molecule has 1 unspecified atom stereocenters. The van der Waals surface area contributed by atoms with Crippen molar-refractivity contribution in [3.63, 3.8) is 0 Å². The van der Waals surface area contributed by atoms with Crippen molar-refractivity contribution < 1.29 is 29.3 Å². The third-order valence-electron chi connectivity index (χ3n) is 3.86. The molecule has 0 amide bonds. The number of aliphatic hydroxyl groups excluding tert-OH is 2. The zero-order valence-electron chi connectivity index (χ0n) is 13.3. The number of carbonyl (C=O) groups is 2. The molecule has 3 atom stereocenters. The first kappa shape index (κ1) is 19.1. The molecule has 1 aliphatic rings. The Morgan fingerprint density at radius 1 is 1.09 bits per heavy atom. The van der Waals surface area contributed by atoms with E-state index < -0.39 is 36.7 Å². The predicted octanol–water partition coefficient (Wildman–Crippen LogP) is 1.36. The minimum Gasteiger partial charge on any atom is -0.450 e. The average Bonchev–Trinajstić information content (AvgIpc) is 2.80. The lowest BCUT2D eigenvalue weighted by molar-refractivity contribution is -0.152. The van der Waals surface area contributed by atoms with Gasteiger partial charge in [0.05, 0.1) is 6.61 Å². The van der Waals surface area contributed by atoms with Crippen LogP contribution in [0, 0.1) is 0 Å². The smallest absolute Gasteiger partial charge is 0.378 e. The normalized spacial score (nSPS) is 22.9. The zero-order chi connectivity index (χ0) is 16.4. The van der Waals surface area contributed by atoms with Gasteiger partial charge in [-0.25, -0.2) is 4.79 Å². The van der Waals surface area contributed by atoms with Gasteiger partial charge in [0.2, 0.25) is 0 Å². The number of unbranched alkanes of at least 4 members (excludes halogenated alkanes) is 7. The highest BCUT2D eigenvalue weighted by molar-refractivity contribution is 6.37. The first-order chi connectivity index (χ1) is 10.6. The SMILES string of the molecule is CCCCCCCCCCOC1C(=O)C(=O)O[C@@H]1[C@@H](O)CO. The first-order valence-corrected chi connectivity index (χ1v) is 8.27. The molecule has 1 heterocycles. The van der Waals surface area contributed by atoms with Crippen LogP contribution in [0.3, 0.4) is 0 Å². The molecule has 1 saturated heterocycles. The second-order valence-corrected chi connectivity index (χ2v) is 5.75. The third kappa shape index (κ3) is 6.02. The highest BCUT2D eigenvalue weighted by atomic mass is 16.6. The molecule has 2 N–H and O–H groups in total. The molecule has 0 saturated carbocycles. The van der Waals surface area contributed by atoms with E-state index in [0.717, 1.165) is 19.3 Å². The number of hydrogen-bond acceptors (Lipinski definition) is 6. The van der Waals surface area contributed by atoms with Gasteiger partial charge in [-0.05, 0) is 6.42 Å². The molecular weight excluding hydrogens is 288 g/mol. The van der Waals surface area contributed by atoms with Crippen LogP contribution in [0.1, 0.15) is 58.3 Å². The van der Waals surface area contributed by atoms with E-state index in [1.807, 2.05) is 0 Å². The summed E-state index contributed by atoms with van der Waals surface area (Å²) in [6.07, 6.45) is 5.72. The van der Waals surface area contributed by atoms with Crippen LogP contribution in [0.2, 0.25) is 0 Å². The number of Topliss-reactive ketones (excluding diaryl/α,β-unsaturated/α-hetero) is 1. The highest BCUT2D eigenvalue weighted by Gasteiger charge is 2.47. The summed E-state index contributed by atoms with van der Waals surface area (Å²) in [6, 6.07) is 0. The van der Waals surface area contributed by atoms with E-state index in [4.69, 9.17) is 14.6 Å². The summed E-state index contributed by atoms with van der Waals surface area (Å²) < 4.78 is 10.1. The average molecular weight is 316 g/mol. The molecule has 22 heavy (non-hydrogen) atoms. The van der Waals surface area contributed by atoms with Gasteiger partial charge in [0, 0.05) is 6.61 Å². The van der Waals surface area contributed by atoms with Gasteiger partial charge < -0.3 is 19.7 Å². The van der Waals surface area contributed by atoms with Gasteiger partial charge in [-0.2, -0.15) is 0 Å². The lowest BCUT2D eigenvalue weighted by Gasteiger charge is -2.20. The van der Waals surface area contributed by atoms with Gasteiger partial charge in [0.1, 0.15) is 6.10 Å². The van der Waals surface area contributed by atoms with Gasteiger partial charge in [0.15, 0.2) is 12.2 Å². The lowest BCUT2D eigenvalue weighted by atomic mass is 10.1. The van der Waals surface area contributed by atoms with E-state index in [1.54, 1.807) is 0 Å². The largest absolute Gasteiger partial charge is 0.450 e. The second kappa shape index (κ2) is 10.7. The number of aliphatic hydroxyl groups is 2. The van der Waals surface area contributed by atoms with E-state index in [1.165, 1.54) is 32.1 Å². The molecule has 0 aliphatic carbocycles. The van der Waals surface area contributed by atoms with Crippen LogP contribution in [0.15, 0.2) is 0 Å². The Balaban J connectivity index is 2.17. The molecule has 0 radical (unpaired) electrons. The van der Waals surface area contributed by atoms with Crippen LogP contribution in [0.4, 0.5) is 0 Å². The van der Waals surface area contributed by atoms with E-state index in [9.17, 15) is 14.7 Å². The van der Waals surface area contributed by atoms with Crippen molar-refractivity contribution in [2.45, 2.75) is 76.6 Å². The summed E-state index contributed by atoms with van der Waals surface area (Å²) in [5, 5.41) is 18.5. The quantitative estimate of drug-likeness (QED) is 0.321. The predicted molar refractivity (Wildman–Crippen MR) is 80.3 cm³/mol. The topological polar surface area (TPSA) is 93.1 Å². The van der Waals surface area contributed by atoms with Gasteiger partial charge in [-0.3, -0.25) is 4.79 Å². The fraction of sp³-hybridized carbons (Fsp3) is 0.875. The summed E-state index contributed by atoms with van der Waals surface area (Å²) in [5.41, 5.74) is 0. The lowest BCUT2D eigenvalue weighted by Crippen LogP contribution is -2.41. The van der Waals surface area contributed by atoms with Crippen LogP contribution in [0.25, 0.3) is 0 Å². The van der Waals surface area contributed by atoms with E-state index >= 15 is 0 Å². The van der Waals surface area contributed by atoms with E-state index in [0.29, 0.717) is 6.61 Å². The number of hydrogen-bond donors (Lipinski definition) is 2. The Labute approximate surface area is 131 Å². The Morgan fingerprint density at radius 3 is 2.27 bits per heavy atom. The molecule has 6 heteroatoms. The molecule has 0 aromatic rings. The summed E-state index contributed by atoms with van der Waals surface area (Å²) in [7, 11) is 0. The zero-order valence-corrected chi connectivity index (χ0v) is 13.3. The number of ketones is 1. The second-order valence-electron chi connectivity index (χ2n) is 5.75. The van der Waals surface area contributed by atoms with Crippen LogP contribution in [-0.4, -0.2) is 53.5 Å². The van der Waals surface area contributed by atoms with Crippen molar-refractivity contribution in [1.82, 2.24) is 0 Å². The van der Waals surface area contributed by atoms with Gasteiger partial charge in [-0.1, -0.05) is 51.9 Å². The molecule has 1 fully saturated rings. The molecular formula is C16H28O6. The fourth-order valence-electron chi connectivity index (χ4n) is 2.51. The first-order valence-electron chi connectivity index (χ1n) is 8.27. The number of carbonyl (C=O) groups excluding carboxylic acids is 2. The molecule has 0 bridgehead atoms. The van der Waals surface area contributed by atoms with Crippen molar-refractivity contribution in [1.29, 1.82) is 0 Å². The van der Waals surface area contributed by atoms with Crippen molar-refractivity contribution in [2.24, 2.45) is 0 Å². The Kier molecular flexibility index (Phi) is 9.27. The van der Waals surface area contributed by atoms with Crippen LogP contribution in [0.5, 0.6) is 0 Å². The fourth-order valence-corrected chi connectivity index (χ4v) is 2.51. The van der Waals surface area contributed by atoms with E-state index in [2.05, 4.69) is 6.92 Å². The minimum atomic E-state index is -1.29.